The first kappa shape index (κ1) is 17.8. The number of ether oxygens (including phenoxy) is 6. The molecule has 8 nitrogen and oxygen atoms in total. The van der Waals surface area contributed by atoms with Crippen LogP contribution < -0.4 is 0 Å². The van der Waals surface area contributed by atoms with Gasteiger partial charge in [-0.3, -0.25) is 9.59 Å². The van der Waals surface area contributed by atoms with E-state index in [2.05, 4.69) is 0 Å². The van der Waals surface area contributed by atoms with Crippen LogP contribution in [0.1, 0.15) is 41.0 Å². The van der Waals surface area contributed by atoms with E-state index in [4.69, 9.17) is 28.4 Å². The molecular weight excluding hydrogens is 320 g/mol. The lowest BCUT2D eigenvalue weighted by Gasteiger charge is -2.36. The first-order valence-electron chi connectivity index (χ1n) is 8.08. The molecule has 0 aromatic rings. The van der Waals surface area contributed by atoms with Crippen LogP contribution in [0.2, 0.25) is 0 Å². The molecule has 5 atom stereocenters. The van der Waals surface area contributed by atoms with Crippen LogP contribution in [-0.2, 0) is 38.0 Å². The minimum Gasteiger partial charge on any atom is -0.462 e. The van der Waals surface area contributed by atoms with Crippen molar-refractivity contribution in [3.8, 4) is 0 Å². The van der Waals surface area contributed by atoms with E-state index in [9.17, 15) is 9.59 Å². The van der Waals surface area contributed by atoms with Crippen LogP contribution in [0.4, 0.5) is 0 Å². The fourth-order valence-corrected chi connectivity index (χ4v) is 3.26. The minimum atomic E-state index is -0.800. The van der Waals surface area contributed by atoms with Crippen molar-refractivity contribution in [1.82, 2.24) is 0 Å². The van der Waals surface area contributed by atoms with Crippen LogP contribution in [0.3, 0.4) is 0 Å². The average molecular weight is 344 g/mol. The maximum absolute atomic E-state index is 11.6. The second-order valence-corrected chi connectivity index (χ2v) is 7.27. The molecule has 0 N–H and O–H groups in total. The van der Waals surface area contributed by atoms with E-state index in [1.165, 1.54) is 6.92 Å². The number of carbonyl (C=O) groups excluding carboxylic acids is 2. The SMILES string of the molecule is CC(=O)CC(=O)OC[C@H]1O[C@@H]2OC(C)(C)O[C@@H]2[C@H]2OC(C)(C)O[C@H]21. The number of rotatable bonds is 4. The largest absolute Gasteiger partial charge is 0.462 e. The van der Waals surface area contributed by atoms with Crippen LogP contribution >= 0.6 is 0 Å². The van der Waals surface area contributed by atoms with Gasteiger partial charge in [0.15, 0.2) is 17.9 Å². The molecule has 0 amide bonds. The van der Waals surface area contributed by atoms with Crippen molar-refractivity contribution in [1.29, 1.82) is 0 Å². The zero-order chi connectivity index (χ0) is 17.7. The summed E-state index contributed by atoms with van der Waals surface area (Å²) < 4.78 is 34.6. The molecule has 3 heterocycles. The smallest absolute Gasteiger partial charge is 0.313 e. The Morgan fingerprint density at radius 2 is 1.50 bits per heavy atom. The van der Waals surface area contributed by atoms with Gasteiger partial charge in [0.25, 0.3) is 0 Å². The lowest BCUT2D eigenvalue weighted by Crippen LogP contribution is -2.56. The molecule has 3 aliphatic heterocycles. The quantitative estimate of drug-likeness (QED) is 0.549. The number of hydrogen-bond acceptors (Lipinski definition) is 8. The predicted molar refractivity (Wildman–Crippen MR) is 78.8 cm³/mol. The Labute approximate surface area is 140 Å². The van der Waals surface area contributed by atoms with Gasteiger partial charge >= 0.3 is 5.97 Å². The predicted octanol–water partition coefficient (Wildman–Crippen LogP) is 0.905. The maximum Gasteiger partial charge on any atom is 0.313 e. The van der Waals surface area contributed by atoms with Gasteiger partial charge in [-0.05, 0) is 34.6 Å². The van der Waals surface area contributed by atoms with Crippen molar-refractivity contribution >= 4 is 11.8 Å². The highest BCUT2D eigenvalue weighted by Gasteiger charge is 2.60. The fraction of sp³-hybridized carbons (Fsp3) is 0.875. The Morgan fingerprint density at radius 3 is 2.17 bits per heavy atom. The van der Waals surface area contributed by atoms with E-state index in [-0.39, 0.29) is 18.8 Å². The summed E-state index contributed by atoms with van der Waals surface area (Å²) in [6, 6.07) is 0. The highest BCUT2D eigenvalue weighted by Crippen LogP contribution is 2.44. The Hall–Kier alpha value is -1.06. The Kier molecular flexibility index (Phi) is 4.46. The third-order valence-corrected chi connectivity index (χ3v) is 4.05. The molecule has 0 unspecified atom stereocenters. The summed E-state index contributed by atoms with van der Waals surface area (Å²) in [6.45, 7) is 8.50. The molecule has 3 rings (SSSR count). The van der Waals surface area contributed by atoms with Gasteiger partial charge < -0.3 is 28.4 Å². The van der Waals surface area contributed by atoms with Crippen LogP contribution in [0.25, 0.3) is 0 Å². The van der Waals surface area contributed by atoms with Crippen molar-refractivity contribution < 1.29 is 38.0 Å². The molecule has 8 heteroatoms. The lowest BCUT2D eigenvalue weighted by atomic mass is 9.99. The maximum atomic E-state index is 11.6. The number of Topliss-reactive ketones (excluding diaryl/α,β-unsaturated/α-hetero) is 1. The molecule has 0 radical (unpaired) electrons. The van der Waals surface area contributed by atoms with Gasteiger partial charge in [-0.25, -0.2) is 0 Å². The number of esters is 1. The monoisotopic (exact) mass is 344 g/mol. The summed E-state index contributed by atoms with van der Waals surface area (Å²) in [6.07, 6.45) is -2.72. The fourth-order valence-electron chi connectivity index (χ4n) is 3.26. The molecule has 0 aliphatic carbocycles. The Balaban J connectivity index is 1.71. The van der Waals surface area contributed by atoms with Crippen molar-refractivity contribution in [3.05, 3.63) is 0 Å². The van der Waals surface area contributed by atoms with Crippen molar-refractivity contribution in [3.63, 3.8) is 0 Å². The van der Waals surface area contributed by atoms with E-state index in [1.54, 1.807) is 27.7 Å². The number of hydrogen-bond donors (Lipinski definition) is 0. The first-order valence-corrected chi connectivity index (χ1v) is 8.08. The third-order valence-electron chi connectivity index (χ3n) is 4.05. The first-order chi connectivity index (χ1) is 11.1. The molecule has 3 saturated heterocycles. The van der Waals surface area contributed by atoms with E-state index in [0.29, 0.717) is 0 Å². The van der Waals surface area contributed by atoms with Crippen molar-refractivity contribution in [2.45, 2.75) is 83.3 Å². The molecule has 24 heavy (non-hydrogen) atoms. The highest BCUT2D eigenvalue weighted by molar-refractivity contribution is 5.94. The van der Waals surface area contributed by atoms with Gasteiger partial charge in [0.1, 0.15) is 43.2 Å². The normalized spacial score (nSPS) is 39.1. The molecular formula is C16H24O8. The van der Waals surface area contributed by atoms with Gasteiger partial charge in [-0.1, -0.05) is 0 Å². The average Bonchev–Trinajstić information content (AvgIpc) is 2.89. The van der Waals surface area contributed by atoms with Crippen molar-refractivity contribution in [2.75, 3.05) is 6.61 Å². The van der Waals surface area contributed by atoms with Gasteiger partial charge in [0.05, 0.1) is 0 Å². The molecule has 136 valence electrons. The molecule has 0 aromatic carbocycles. The minimum absolute atomic E-state index is 0.0419. The van der Waals surface area contributed by atoms with E-state index < -0.39 is 48.2 Å². The second kappa shape index (κ2) is 6.03. The zero-order valence-electron chi connectivity index (χ0n) is 14.6. The topological polar surface area (TPSA) is 89.5 Å². The number of ketones is 1. The number of fused-ring (bicyclic) bond motifs is 3. The number of carbonyl (C=O) groups is 2. The third kappa shape index (κ3) is 3.62. The van der Waals surface area contributed by atoms with E-state index in [1.807, 2.05) is 0 Å². The zero-order valence-corrected chi connectivity index (χ0v) is 14.6. The van der Waals surface area contributed by atoms with Gasteiger partial charge in [0.2, 0.25) is 0 Å². The summed E-state index contributed by atoms with van der Waals surface area (Å²) in [5, 5.41) is 0. The molecule has 0 aromatic heterocycles. The summed E-state index contributed by atoms with van der Waals surface area (Å²) in [4.78, 5) is 22.6. The molecule has 0 bridgehead atoms. The van der Waals surface area contributed by atoms with E-state index >= 15 is 0 Å². The molecule has 0 saturated carbocycles. The van der Waals surface area contributed by atoms with Crippen LogP contribution in [0.15, 0.2) is 0 Å². The van der Waals surface area contributed by atoms with Crippen LogP contribution in [0, 0.1) is 0 Å². The second-order valence-electron chi connectivity index (χ2n) is 7.27. The standard InChI is InChI=1S/C16H24O8/c1-8(17)6-10(18)19-7-9-11-12(22-15(2,3)21-11)13-14(20-9)24-16(4,5)23-13/h9,11-14H,6-7H2,1-5H3/t9-,11+,12+,13-,14-/m1/s1. The Bertz CT molecular complexity index is 528. The van der Waals surface area contributed by atoms with Gasteiger partial charge in [-0.15, -0.1) is 0 Å². The molecule has 0 spiro atoms. The van der Waals surface area contributed by atoms with Crippen LogP contribution in [-0.4, -0.2) is 60.6 Å². The van der Waals surface area contributed by atoms with Crippen molar-refractivity contribution in [2.24, 2.45) is 0 Å². The van der Waals surface area contributed by atoms with Gasteiger partial charge in [-0.2, -0.15) is 0 Å². The summed E-state index contributed by atoms with van der Waals surface area (Å²) in [5.41, 5.74) is 0. The Morgan fingerprint density at radius 1 is 0.917 bits per heavy atom. The van der Waals surface area contributed by atoms with Crippen LogP contribution in [0.5, 0.6) is 0 Å². The summed E-state index contributed by atoms with van der Waals surface area (Å²) in [5.74, 6) is -2.44. The lowest BCUT2D eigenvalue weighted by molar-refractivity contribution is -0.242. The van der Waals surface area contributed by atoms with Gasteiger partial charge in [0, 0.05) is 0 Å². The molecule has 3 aliphatic rings. The summed E-state index contributed by atoms with van der Waals surface area (Å²) in [7, 11) is 0. The molecule has 3 fully saturated rings. The summed E-state index contributed by atoms with van der Waals surface area (Å²) >= 11 is 0. The highest BCUT2D eigenvalue weighted by atomic mass is 16.9. The van der Waals surface area contributed by atoms with E-state index in [0.717, 1.165) is 0 Å².